The van der Waals surface area contributed by atoms with Gasteiger partial charge in [0.25, 0.3) is 0 Å². The zero-order valence-corrected chi connectivity index (χ0v) is 20.8. The van der Waals surface area contributed by atoms with Gasteiger partial charge in [-0.15, -0.1) is 0 Å². The van der Waals surface area contributed by atoms with E-state index in [9.17, 15) is 4.79 Å². The average Bonchev–Trinajstić information content (AvgIpc) is 3.37. The molecule has 4 nitrogen and oxygen atoms in total. The van der Waals surface area contributed by atoms with Crippen LogP contribution in [0.15, 0.2) is 91.0 Å². The van der Waals surface area contributed by atoms with Crippen LogP contribution in [0.4, 0.5) is 0 Å². The van der Waals surface area contributed by atoms with Crippen LogP contribution in [0.25, 0.3) is 0 Å². The summed E-state index contributed by atoms with van der Waals surface area (Å²) < 4.78 is 19.8. The maximum absolute atomic E-state index is 12.3. The minimum atomic E-state index is -0.0689. The fraction of sp³-hybridized carbons (Fsp3) is 0.345. The van der Waals surface area contributed by atoms with Gasteiger partial charge >= 0.3 is 208 Å². The number of hydrogen-bond acceptors (Lipinski definition) is 4. The van der Waals surface area contributed by atoms with E-state index in [1.807, 2.05) is 42.5 Å². The van der Waals surface area contributed by atoms with Gasteiger partial charge in [-0.3, -0.25) is 0 Å². The molecule has 1 saturated heterocycles. The second-order valence-corrected chi connectivity index (χ2v) is 11.7. The van der Waals surface area contributed by atoms with E-state index in [-0.39, 0.29) is 43.7 Å². The van der Waals surface area contributed by atoms with Gasteiger partial charge in [-0.05, 0) is 0 Å². The Hall–Kier alpha value is -2.43. The monoisotopic (exact) mass is 522 g/mol. The molecule has 1 aliphatic carbocycles. The quantitative estimate of drug-likeness (QED) is 0.293. The molecule has 0 amide bonds. The second kappa shape index (κ2) is 11.3. The van der Waals surface area contributed by atoms with Crippen molar-refractivity contribution in [3.63, 3.8) is 0 Å². The molecule has 176 valence electrons. The van der Waals surface area contributed by atoms with E-state index in [1.54, 1.807) is 0 Å². The van der Waals surface area contributed by atoms with Crippen molar-refractivity contribution in [2.24, 2.45) is 17.8 Å². The normalized spacial score (nSPS) is 25.8. The molecule has 2 aliphatic rings. The van der Waals surface area contributed by atoms with E-state index in [2.05, 4.69) is 48.5 Å². The third-order valence-electron chi connectivity index (χ3n) is 6.80. The number of ether oxygens (including phenoxy) is 3. The SMILES string of the molecule is O=C1C[C@@H]2[C@H](COCc3ccccc3)[C@H](COCc3ccccc3)[C@@H]([Se]c3ccccc3)[C@@H]2O1. The van der Waals surface area contributed by atoms with Gasteiger partial charge in [-0.1, -0.05) is 0 Å². The van der Waals surface area contributed by atoms with Crippen LogP contribution in [0, 0.1) is 17.8 Å². The Morgan fingerprint density at radius 2 is 1.26 bits per heavy atom. The summed E-state index contributed by atoms with van der Waals surface area (Å²) in [6.45, 7) is 2.44. The fourth-order valence-corrected chi connectivity index (χ4v) is 8.25. The molecule has 0 unspecified atom stereocenters. The van der Waals surface area contributed by atoms with E-state index < -0.39 is 0 Å². The first kappa shape index (κ1) is 23.3. The van der Waals surface area contributed by atoms with Gasteiger partial charge in [0.05, 0.1) is 0 Å². The molecule has 3 aromatic carbocycles. The molecule has 0 bridgehead atoms. The molecule has 0 N–H and O–H groups in total. The molecule has 3 aromatic rings. The number of hydrogen-bond donors (Lipinski definition) is 0. The minimum absolute atomic E-state index is 0.0386. The van der Waals surface area contributed by atoms with E-state index in [4.69, 9.17) is 14.2 Å². The molecule has 0 spiro atoms. The summed E-state index contributed by atoms with van der Waals surface area (Å²) in [5.41, 5.74) is 2.34. The van der Waals surface area contributed by atoms with Crippen molar-refractivity contribution in [2.45, 2.75) is 30.6 Å². The first-order chi connectivity index (χ1) is 16.8. The Morgan fingerprint density at radius 1 is 0.735 bits per heavy atom. The van der Waals surface area contributed by atoms with Gasteiger partial charge < -0.3 is 0 Å². The second-order valence-electron chi connectivity index (χ2n) is 9.05. The molecule has 34 heavy (non-hydrogen) atoms. The summed E-state index contributed by atoms with van der Waals surface area (Å²) in [6, 6.07) is 31.1. The Kier molecular flexibility index (Phi) is 7.77. The topological polar surface area (TPSA) is 44.8 Å². The Bertz CT molecular complexity index is 1040. The Balaban J connectivity index is 1.32. The van der Waals surface area contributed by atoms with Crippen LogP contribution in [0.5, 0.6) is 0 Å². The number of carbonyl (C=O) groups is 1. The van der Waals surface area contributed by atoms with Gasteiger partial charge in [0.1, 0.15) is 0 Å². The zero-order chi connectivity index (χ0) is 23.2. The van der Waals surface area contributed by atoms with Crippen molar-refractivity contribution in [3.05, 3.63) is 102 Å². The van der Waals surface area contributed by atoms with Crippen molar-refractivity contribution in [1.29, 1.82) is 0 Å². The zero-order valence-electron chi connectivity index (χ0n) is 19.1. The fourth-order valence-electron chi connectivity index (χ4n) is 5.16. The van der Waals surface area contributed by atoms with Crippen LogP contribution < -0.4 is 4.46 Å². The molecule has 1 saturated carbocycles. The standard InChI is InChI=1S/C29H30O4Se/c30-27-16-24-25(19-31-17-21-10-4-1-5-11-21)26(20-32-18-22-12-6-2-7-13-22)29(28(24)33-27)34-23-14-8-3-9-15-23/h1-15,24-26,28-29H,16-20H2/t24-,25+,26+,28-,29-/m1/s1. The van der Waals surface area contributed by atoms with Gasteiger partial charge in [0.2, 0.25) is 0 Å². The molecular formula is C29H30O4Se. The number of benzene rings is 3. The van der Waals surface area contributed by atoms with Crippen LogP contribution >= 0.6 is 0 Å². The van der Waals surface area contributed by atoms with Gasteiger partial charge in [-0.25, -0.2) is 0 Å². The van der Waals surface area contributed by atoms with E-state index in [0.717, 1.165) is 5.56 Å². The molecule has 1 heterocycles. The number of carbonyl (C=O) groups excluding carboxylic acids is 1. The maximum atomic E-state index is 12.3. The summed E-state index contributed by atoms with van der Waals surface area (Å²) in [4.78, 5) is 12.6. The summed E-state index contributed by atoms with van der Waals surface area (Å²) in [5, 5.41) is 0. The van der Waals surface area contributed by atoms with Crippen LogP contribution in [0.3, 0.4) is 0 Å². The van der Waals surface area contributed by atoms with E-state index in [1.165, 1.54) is 10.0 Å². The third-order valence-corrected chi connectivity index (χ3v) is 9.81. The summed E-state index contributed by atoms with van der Waals surface area (Å²) >= 11 is 0.184. The van der Waals surface area contributed by atoms with Gasteiger partial charge in [-0.2, -0.15) is 0 Å². The van der Waals surface area contributed by atoms with Gasteiger partial charge in [0, 0.05) is 0 Å². The molecule has 2 fully saturated rings. The van der Waals surface area contributed by atoms with Crippen molar-refractivity contribution >= 4 is 25.4 Å². The number of rotatable bonds is 10. The molecule has 0 aromatic heterocycles. The van der Waals surface area contributed by atoms with Crippen molar-refractivity contribution in [2.75, 3.05) is 13.2 Å². The number of fused-ring (bicyclic) bond motifs is 1. The van der Waals surface area contributed by atoms with Crippen LogP contribution in [-0.2, 0) is 32.2 Å². The third kappa shape index (κ3) is 5.61. The van der Waals surface area contributed by atoms with Crippen LogP contribution in [0.1, 0.15) is 17.5 Å². The van der Waals surface area contributed by atoms with Crippen molar-refractivity contribution in [3.8, 4) is 0 Å². The average molecular weight is 522 g/mol. The molecule has 5 rings (SSSR count). The number of esters is 1. The molecule has 0 radical (unpaired) electrons. The van der Waals surface area contributed by atoms with Crippen LogP contribution in [0.2, 0.25) is 4.82 Å². The van der Waals surface area contributed by atoms with E-state index >= 15 is 0 Å². The summed E-state index contributed by atoms with van der Waals surface area (Å²) in [6.07, 6.45) is 0.448. The predicted octanol–water partition coefficient (Wildman–Crippen LogP) is 4.42. The molecule has 1 aliphatic heterocycles. The first-order valence-electron chi connectivity index (χ1n) is 11.9. The molecule has 5 heteroatoms. The first-order valence-corrected chi connectivity index (χ1v) is 13.8. The Morgan fingerprint density at radius 3 is 1.85 bits per heavy atom. The van der Waals surface area contributed by atoms with E-state index in [0.29, 0.717) is 38.8 Å². The van der Waals surface area contributed by atoms with Gasteiger partial charge in [0.15, 0.2) is 0 Å². The molecular weight excluding hydrogens is 491 g/mol. The molecule has 5 atom stereocenters. The Labute approximate surface area is 207 Å². The van der Waals surface area contributed by atoms with Crippen molar-refractivity contribution < 1.29 is 19.0 Å². The summed E-state index contributed by atoms with van der Waals surface area (Å²) in [5.74, 6) is 0.666. The van der Waals surface area contributed by atoms with Crippen LogP contribution in [-0.4, -0.2) is 40.2 Å². The predicted molar refractivity (Wildman–Crippen MR) is 133 cm³/mol. The van der Waals surface area contributed by atoms with Crippen molar-refractivity contribution in [1.82, 2.24) is 0 Å². The summed E-state index contributed by atoms with van der Waals surface area (Å²) in [7, 11) is 0.